The molecule has 0 spiro atoms. The van der Waals surface area contributed by atoms with Gasteiger partial charge >= 0.3 is 0 Å². The van der Waals surface area contributed by atoms with Crippen molar-refractivity contribution in [2.45, 2.75) is 13.0 Å². The number of ether oxygens (including phenoxy) is 1. The first-order valence-corrected chi connectivity index (χ1v) is 5.42. The Labute approximate surface area is 90.3 Å². The molecule has 0 bridgehead atoms. The monoisotopic (exact) mass is 207 g/mol. The van der Waals surface area contributed by atoms with Crippen LogP contribution in [0.15, 0.2) is 24.3 Å². The van der Waals surface area contributed by atoms with Crippen LogP contribution in [0.1, 0.15) is 12.0 Å². The van der Waals surface area contributed by atoms with E-state index in [0.29, 0.717) is 5.75 Å². The Kier molecular flexibility index (Phi) is 3.59. The lowest BCUT2D eigenvalue weighted by molar-refractivity contribution is 0.140. The van der Waals surface area contributed by atoms with E-state index in [9.17, 15) is 5.11 Å². The predicted octanol–water partition coefficient (Wildman–Crippen LogP) is 1.61. The van der Waals surface area contributed by atoms with Crippen LogP contribution < -0.4 is 0 Å². The third kappa shape index (κ3) is 3.22. The van der Waals surface area contributed by atoms with Gasteiger partial charge in [-0.1, -0.05) is 12.1 Å². The van der Waals surface area contributed by atoms with Gasteiger partial charge in [0.15, 0.2) is 0 Å². The van der Waals surface area contributed by atoms with Gasteiger partial charge in [0.05, 0.1) is 6.61 Å². The number of benzene rings is 1. The molecule has 82 valence electrons. The van der Waals surface area contributed by atoms with Crippen LogP contribution in [0.4, 0.5) is 0 Å². The van der Waals surface area contributed by atoms with E-state index in [2.05, 4.69) is 4.90 Å². The van der Waals surface area contributed by atoms with Crippen molar-refractivity contribution in [3.63, 3.8) is 0 Å². The van der Waals surface area contributed by atoms with Gasteiger partial charge in [-0.25, -0.2) is 0 Å². The molecule has 0 aliphatic carbocycles. The van der Waals surface area contributed by atoms with Gasteiger partial charge in [0.25, 0.3) is 0 Å². The molecule has 0 radical (unpaired) electrons. The van der Waals surface area contributed by atoms with Crippen molar-refractivity contribution in [2.24, 2.45) is 0 Å². The van der Waals surface area contributed by atoms with Gasteiger partial charge < -0.3 is 9.84 Å². The normalized spacial score (nSPS) is 18.7. The first kappa shape index (κ1) is 10.5. The van der Waals surface area contributed by atoms with Crippen LogP contribution in [0.25, 0.3) is 0 Å². The van der Waals surface area contributed by atoms with Crippen LogP contribution in [-0.2, 0) is 11.3 Å². The van der Waals surface area contributed by atoms with Crippen molar-refractivity contribution in [2.75, 3.05) is 26.3 Å². The standard InChI is InChI=1S/C12H17NO2/c14-12-4-1-3-11(9-12)10-13-5-2-7-15-8-6-13/h1,3-4,9,14H,2,5-8,10H2. The molecule has 0 atom stereocenters. The maximum atomic E-state index is 9.35. The van der Waals surface area contributed by atoms with E-state index < -0.39 is 0 Å². The summed E-state index contributed by atoms with van der Waals surface area (Å²) in [4.78, 5) is 2.36. The summed E-state index contributed by atoms with van der Waals surface area (Å²) in [6.45, 7) is 4.65. The molecule has 1 fully saturated rings. The lowest BCUT2D eigenvalue weighted by Gasteiger charge is -2.18. The van der Waals surface area contributed by atoms with Gasteiger partial charge in [0.1, 0.15) is 5.75 Å². The summed E-state index contributed by atoms with van der Waals surface area (Å²) in [5.74, 6) is 0.346. The molecule has 3 nitrogen and oxygen atoms in total. The highest BCUT2D eigenvalue weighted by Gasteiger charge is 2.09. The van der Waals surface area contributed by atoms with Crippen LogP contribution in [0.3, 0.4) is 0 Å². The van der Waals surface area contributed by atoms with Crippen LogP contribution in [-0.4, -0.2) is 36.3 Å². The average molecular weight is 207 g/mol. The molecule has 1 aliphatic rings. The summed E-state index contributed by atoms with van der Waals surface area (Å²) in [6, 6.07) is 7.46. The van der Waals surface area contributed by atoms with Gasteiger partial charge in [0.2, 0.25) is 0 Å². The summed E-state index contributed by atoms with van der Waals surface area (Å²) >= 11 is 0. The van der Waals surface area contributed by atoms with Crippen LogP contribution in [0.2, 0.25) is 0 Å². The van der Waals surface area contributed by atoms with E-state index in [4.69, 9.17) is 4.74 Å². The largest absolute Gasteiger partial charge is 0.508 e. The topological polar surface area (TPSA) is 32.7 Å². The molecule has 0 saturated carbocycles. The van der Waals surface area contributed by atoms with Crippen molar-refractivity contribution in [1.29, 1.82) is 0 Å². The minimum absolute atomic E-state index is 0.346. The Hall–Kier alpha value is -1.06. The molecule has 1 aliphatic heterocycles. The molecule has 1 aromatic carbocycles. The zero-order valence-electron chi connectivity index (χ0n) is 8.85. The summed E-state index contributed by atoms with van der Waals surface area (Å²) in [7, 11) is 0. The van der Waals surface area contributed by atoms with Crippen LogP contribution >= 0.6 is 0 Å². The number of nitrogens with zero attached hydrogens (tertiary/aromatic N) is 1. The zero-order valence-corrected chi connectivity index (χ0v) is 8.85. The van der Waals surface area contributed by atoms with E-state index >= 15 is 0 Å². The predicted molar refractivity (Wildman–Crippen MR) is 58.8 cm³/mol. The highest BCUT2D eigenvalue weighted by atomic mass is 16.5. The number of hydrogen-bond acceptors (Lipinski definition) is 3. The zero-order chi connectivity index (χ0) is 10.5. The summed E-state index contributed by atoms with van der Waals surface area (Å²) in [5, 5.41) is 9.35. The third-order valence-electron chi connectivity index (χ3n) is 2.63. The second-order valence-electron chi connectivity index (χ2n) is 3.91. The second-order valence-corrected chi connectivity index (χ2v) is 3.91. The molecule has 1 heterocycles. The van der Waals surface area contributed by atoms with Gasteiger partial charge in [-0.15, -0.1) is 0 Å². The van der Waals surface area contributed by atoms with Crippen molar-refractivity contribution in [3.8, 4) is 5.75 Å². The fourth-order valence-electron chi connectivity index (χ4n) is 1.87. The Morgan fingerprint density at radius 2 is 2.20 bits per heavy atom. The molecule has 3 heteroatoms. The van der Waals surface area contributed by atoms with Crippen molar-refractivity contribution in [3.05, 3.63) is 29.8 Å². The summed E-state index contributed by atoms with van der Waals surface area (Å²) < 4.78 is 5.40. The van der Waals surface area contributed by atoms with E-state index in [1.165, 1.54) is 0 Å². The van der Waals surface area contributed by atoms with Crippen LogP contribution in [0, 0.1) is 0 Å². The van der Waals surface area contributed by atoms with Gasteiger partial charge in [0, 0.05) is 26.2 Å². The second kappa shape index (κ2) is 5.14. The van der Waals surface area contributed by atoms with Gasteiger partial charge in [-0.05, 0) is 24.1 Å². The Morgan fingerprint density at radius 3 is 3.07 bits per heavy atom. The van der Waals surface area contributed by atoms with Crippen molar-refractivity contribution >= 4 is 0 Å². The molecule has 1 saturated heterocycles. The molecular formula is C12H17NO2. The highest BCUT2D eigenvalue weighted by Crippen LogP contribution is 2.13. The lowest BCUT2D eigenvalue weighted by atomic mass is 10.2. The maximum absolute atomic E-state index is 9.35. The maximum Gasteiger partial charge on any atom is 0.115 e. The van der Waals surface area contributed by atoms with Crippen molar-refractivity contribution in [1.82, 2.24) is 4.90 Å². The quantitative estimate of drug-likeness (QED) is 0.799. The van der Waals surface area contributed by atoms with E-state index in [1.54, 1.807) is 6.07 Å². The first-order chi connectivity index (χ1) is 7.34. The summed E-state index contributed by atoms with van der Waals surface area (Å²) in [6.07, 6.45) is 1.10. The van der Waals surface area contributed by atoms with E-state index in [1.807, 2.05) is 18.2 Å². The minimum atomic E-state index is 0.346. The SMILES string of the molecule is Oc1cccc(CN2CCCOCC2)c1. The third-order valence-corrected chi connectivity index (χ3v) is 2.63. The number of hydrogen-bond donors (Lipinski definition) is 1. The molecule has 1 aromatic rings. The number of phenols is 1. The van der Waals surface area contributed by atoms with Crippen LogP contribution in [0.5, 0.6) is 5.75 Å². The molecule has 0 aromatic heterocycles. The van der Waals surface area contributed by atoms with E-state index in [0.717, 1.165) is 44.8 Å². The lowest BCUT2D eigenvalue weighted by Crippen LogP contribution is -2.25. The molecule has 15 heavy (non-hydrogen) atoms. The fourth-order valence-corrected chi connectivity index (χ4v) is 1.87. The number of aromatic hydroxyl groups is 1. The molecular weight excluding hydrogens is 190 g/mol. The smallest absolute Gasteiger partial charge is 0.115 e. The molecule has 0 amide bonds. The Morgan fingerprint density at radius 1 is 1.27 bits per heavy atom. The highest BCUT2D eigenvalue weighted by molar-refractivity contribution is 5.26. The summed E-state index contributed by atoms with van der Waals surface area (Å²) in [5.41, 5.74) is 1.16. The average Bonchev–Trinajstić information content (AvgIpc) is 2.46. The Bertz CT molecular complexity index is 306. The number of rotatable bonds is 2. The Balaban J connectivity index is 1.95. The van der Waals surface area contributed by atoms with Gasteiger partial charge in [-0.3, -0.25) is 4.90 Å². The molecule has 1 N–H and O–H groups in total. The fraction of sp³-hybridized carbons (Fsp3) is 0.500. The first-order valence-electron chi connectivity index (χ1n) is 5.42. The van der Waals surface area contributed by atoms with Crippen molar-refractivity contribution < 1.29 is 9.84 Å². The molecule has 0 unspecified atom stereocenters. The van der Waals surface area contributed by atoms with Gasteiger partial charge in [-0.2, -0.15) is 0 Å². The molecule has 2 rings (SSSR count). The minimum Gasteiger partial charge on any atom is -0.508 e. The number of phenolic OH excluding ortho intramolecular Hbond substituents is 1. The van der Waals surface area contributed by atoms with E-state index in [-0.39, 0.29) is 0 Å².